The number of sulfonamides is 1. The van der Waals surface area contributed by atoms with Crippen molar-refractivity contribution in [2.75, 3.05) is 18.4 Å². The first kappa shape index (κ1) is 21.2. The first-order valence-corrected chi connectivity index (χ1v) is 12.0. The number of para-hydroxylation sites is 1. The molecule has 0 aliphatic carbocycles. The van der Waals surface area contributed by atoms with Crippen LogP contribution in [0.3, 0.4) is 0 Å². The molecule has 10 heteroatoms. The molecule has 1 aliphatic heterocycles. The summed E-state index contributed by atoms with van der Waals surface area (Å²) in [5.41, 5.74) is 0.849. The van der Waals surface area contributed by atoms with Gasteiger partial charge in [-0.15, -0.1) is 0 Å². The van der Waals surface area contributed by atoms with Crippen molar-refractivity contribution in [1.82, 2.24) is 9.29 Å². The van der Waals surface area contributed by atoms with Crippen LogP contribution in [0.25, 0.3) is 10.2 Å². The maximum absolute atomic E-state index is 13.1. The van der Waals surface area contributed by atoms with E-state index in [-0.39, 0.29) is 40.8 Å². The van der Waals surface area contributed by atoms with Crippen LogP contribution in [0.1, 0.15) is 24.2 Å². The lowest BCUT2D eigenvalue weighted by molar-refractivity contribution is -0.0440. The van der Waals surface area contributed by atoms with Gasteiger partial charge in [-0.1, -0.05) is 35.1 Å². The molecule has 0 unspecified atom stereocenters. The van der Waals surface area contributed by atoms with Gasteiger partial charge in [0, 0.05) is 13.1 Å². The van der Waals surface area contributed by atoms with Crippen molar-refractivity contribution in [1.29, 1.82) is 0 Å². The highest BCUT2D eigenvalue weighted by Crippen LogP contribution is 2.28. The van der Waals surface area contributed by atoms with Crippen LogP contribution in [0.15, 0.2) is 47.4 Å². The summed E-state index contributed by atoms with van der Waals surface area (Å²) >= 11 is 7.54. The number of thiazole rings is 1. The Morgan fingerprint density at radius 3 is 2.60 bits per heavy atom. The lowest BCUT2D eigenvalue weighted by atomic mass is 10.2. The molecule has 2 heterocycles. The quantitative estimate of drug-likeness (QED) is 0.629. The molecule has 7 nitrogen and oxygen atoms in total. The summed E-state index contributed by atoms with van der Waals surface area (Å²) in [4.78, 5) is 17.2. The van der Waals surface area contributed by atoms with Gasteiger partial charge in [-0.2, -0.15) is 4.31 Å². The van der Waals surface area contributed by atoms with Crippen LogP contribution in [0, 0.1) is 0 Å². The number of nitrogens with one attached hydrogen (secondary N) is 1. The zero-order chi connectivity index (χ0) is 21.5. The number of carbonyl (C=O) groups excluding carboxylic acids is 1. The van der Waals surface area contributed by atoms with E-state index in [1.807, 2.05) is 38.1 Å². The van der Waals surface area contributed by atoms with Crippen molar-refractivity contribution in [3.63, 3.8) is 0 Å². The lowest BCUT2D eigenvalue weighted by Crippen LogP contribution is -2.48. The van der Waals surface area contributed by atoms with Crippen molar-refractivity contribution in [3.05, 3.63) is 53.1 Å². The molecule has 1 N–H and O–H groups in total. The maximum Gasteiger partial charge on any atom is 0.259 e. The van der Waals surface area contributed by atoms with Crippen LogP contribution in [0.5, 0.6) is 0 Å². The SMILES string of the molecule is C[C@@H]1CN(S(=O)(=O)c2ccc(Cl)c(C(=O)Nc3nc4ccccc4s3)c2)C[C@H](C)O1. The first-order valence-electron chi connectivity index (χ1n) is 9.36. The normalized spacial score (nSPS) is 20.4. The Hall–Kier alpha value is -2.04. The number of ether oxygens (including phenoxy) is 1. The van der Waals surface area contributed by atoms with Crippen LogP contribution in [0.4, 0.5) is 5.13 Å². The molecule has 3 aromatic rings. The summed E-state index contributed by atoms with van der Waals surface area (Å²) in [5.74, 6) is -0.514. The summed E-state index contributed by atoms with van der Waals surface area (Å²) in [6, 6.07) is 11.7. The van der Waals surface area contributed by atoms with E-state index in [2.05, 4.69) is 10.3 Å². The van der Waals surface area contributed by atoms with Gasteiger partial charge >= 0.3 is 0 Å². The maximum atomic E-state index is 13.1. The van der Waals surface area contributed by atoms with Crippen molar-refractivity contribution in [2.24, 2.45) is 0 Å². The number of hydrogen-bond donors (Lipinski definition) is 1. The van der Waals surface area contributed by atoms with E-state index < -0.39 is 15.9 Å². The van der Waals surface area contributed by atoms with Gasteiger partial charge in [-0.05, 0) is 44.2 Å². The molecule has 158 valence electrons. The highest BCUT2D eigenvalue weighted by Gasteiger charge is 2.32. The molecule has 1 saturated heterocycles. The molecule has 2 aromatic carbocycles. The Kier molecular flexibility index (Phi) is 5.82. The number of fused-ring (bicyclic) bond motifs is 1. The Balaban J connectivity index is 1.61. The number of rotatable bonds is 4. The summed E-state index contributed by atoms with van der Waals surface area (Å²) in [7, 11) is -3.79. The van der Waals surface area contributed by atoms with Crippen LogP contribution < -0.4 is 5.32 Å². The second-order valence-corrected chi connectivity index (χ2v) is 10.5. The van der Waals surface area contributed by atoms with Crippen LogP contribution in [-0.4, -0.2) is 48.9 Å². The Morgan fingerprint density at radius 1 is 1.20 bits per heavy atom. The van der Waals surface area contributed by atoms with Gasteiger partial charge in [0.05, 0.1) is 37.9 Å². The minimum atomic E-state index is -3.79. The lowest BCUT2D eigenvalue weighted by Gasteiger charge is -2.34. The van der Waals surface area contributed by atoms with E-state index in [9.17, 15) is 13.2 Å². The Labute approximate surface area is 183 Å². The number of benzene rings is 2. The first-order chi connectivity index (χ1) is 14.2. The fraction of sp³-hybridized carbons (Fsp3) is 0.300. The molecule has 0 bridgehead atoms. The van der Waals surface area contributed by atoms with Crippen molar-refractivity contribution < 1.29 is 17.9 Å². The van der Waals surface area contributed by atoms with Gasteiger partial charge in [-0.25, -0.2) is 13.4 Å². The van der Waals surface area contributed by atoms with E-state index in [4.69, 9.17) is 16.3 Å². The molecule has 1 aromatic heterocycles. The highest BCUT2D eigenvalue weighted by molar-refractivity contribution is 7.89. The number of carbonyl (C=O) groups is 1. The molecule has 4 rings (SSSR count). The molecule has 0 spiro atoms. The van der Waals surface area contributed by atoms with Gasteiger partial charge in [0.1, 0.15) is 0 Å². The third-order valence-corrected chi connectivity index (χ3v) is 7.83. The second-order valence-electron chi connectivity index (χ2n) is 7.16. The smallest absolute Gasteiger partial charge is 0.259 e. The third kappa shape index (κ3) is 4.21. The van der Waals surface area contributed by atoms with E-state index >= 15 is 0 Å². The minimum absolute atomic E-state index is 0.0163. The number of amides is 1. The van der Waals surface area contributed by atoms with Crippen molar-refractivity contribution in [2.45, 2.75) is 31.0 Å². The van der Waals surface area contributed by atoms with Gasteiger partial charge in [0.25, 0.3) is 5.91 Å². The van der Waals surface area contributed by atoms with Crippen molar-refractivity contribution >= 4 is 54.2 Å². The van der Waals surface area contributed by atoms with Gasteiger partial charge in [0.15, 0.2) is 5.13 Å². The molecule has 0 saturated carbocycles. The standard InChI is InChI=1S/C20H20ClN3O4S2/c1-12-10-24(11-13(2)28-12)30(26,27)14-7-8-16(21)15(9-14)19(25)23-20-22-17-5-3-4-6-18(17)29-20/h3-9,12-13H,10-11H2,1-2H3,(H,22,23,25)/t12-,13+. The molecule has 1 aliphatic rings. The number of morpholine rings is 1. The third-order valence-electron chi connectivity index (χ3n) is 4.72. The van der Waals surface area contributed by atoms with Crippen molar-refractivity contribution in [3.8, 4) is 0 Å². The zero-order valence-electron chi connectivity index (χ0n) is 16.3. The summed E-state index contributed by atoms with van der Waals surface area (Å²) in [6.07, 6.45) is -0.421. The Bertz CT molecular complexity index is 1170. The highest BCUT2D eigenvalue weighted by atomic mass is 35.5. The number of nitrogens with zero attached hydrogens (tertiary/aromatic N) is 2. The monoisotopic (exact) mass is 465 g/mol. The van der Waals surface area contributed by atoms with E-state index in [0.717, 1.165) is 10.2 Å². The van der Waals surface area contributed by atoms with E-state index in [0.29, 0.717) is 5.13 Å². The Morgan fingerprint density at radius 2 is 1.90 bits per heavy atom. The molecule has 2 atom stereocenters. The zero-order valence-corrected chi connectivity index (χ0v) is 18.7. The topological polar surface area (TPSA) is 88.6 Å². The fourth-order valence-electron chi connectivity index (χ4n) is 3.41. The number of hydrogen-bond acceptors (Lipinski definition) is 6. The van der Waals surface area contributed by atoms with Crippen LogP contribution in [0.2, 0.25) is 5.02 Å². The average molecular weight is 466 g/mol. The van der Waals surface area contributed by atoms with Gasteiger partial charge < -0.3 is 4.74 Å². The summed E-state index contributed by atoms with van der Waals surface area (Å²) < 4.78 is 34.2. The van der Waals surface area contributed by atoms with E-state index in [1.54, 1.807) is 0 Å². The minimum Gasteiger partial charge on any atom is -0.373 e. The molecular weight excluding hydrogens is 446 g/mol. The predicted molar refractivity (Wildman–Crippen MR) is 118 cm³/mol. The van der Waals surface area contributed by atoms with Crippen LogP contribution in [-0.2, 0) is 14.8 Å². The molecular formula is C20H20ClN3O4S2. The molecule has 1 amide bonds. The molecule has 1 fully saturated rings. The number of halogens is 1. The van der Waals surface area contributed by atoms with E-state index in [1.165, 1.54) is 33.8 Å². The van der Waals surface area contributed by atoms with Gasteiger partial charge in [0.2, 0.25) is 10.0 Å². The molecule has 30 heavy (non-hydrogen) atoms. The number of anilines is 1. The second kappa shape index (κ2) is 8.24. The largest absolute Gasteiger partial charge is 0.373 e. The predicted octanol–water partition coefficient (Wildman–Crippen LogP) is 4.00. The number of aromatic nitrogens is 1. The summed E-state index contributed by atoms with van der Waals surface area (Å²) in [6.45, 7) is 4.17. The average Bonchev–Trinajstić information content (AvgIpc) is 3.09. The molecule has 0 radical (unpaired) electrons. The fourth-order valence-corrected chi connectivity index (χ4v) is 6.09. The summed E-state index contributed by atoms with van der Waals surface area (Å²) in [5, 5.41) is 3.30. The van der Waals surface area contributed by atoms with Gasteiger partial charge in [-0.3, -0.25) is 10.1 Å². The van der Waals surface area contributed by atoms with Crippen LogP contribution >= 0.6 is 22.9 Å².